The van der Waals surface area contributed by atoms with Gasteiger partial charge in [-0.1, -0.05) is 66.7 Å². The monoisotopic (exact) mass is 666 g/mol. The molecule has 2 heterocycles. The number of sulfonamides is 1. The van der Waals surface area contributed by atoms with Crippen LogP contribution < -0.4 is 24.8 Å². The number of aromatic nitrogens is 1. The Morgan fingerprint density at radius 3 is 2.44 bits per heavy atom. The van der Waals surface area contributed by atoms with Crippen LogP contribution in [0.5, 0.6) is 11.5 Å². The second kappa shape index (κ2) is 12.4. The molecule has 2 saturated carbocycles. The highest BCUT2D eigenvalue weighted by molar-refractivity contribution is 7.91. The van der Waals surface area contributed by atoms with E-state index in [2.05, 4.69) is 21.9 Å². The largest absolute Gasteiger partial charge is 0.497 e. The molecule has 48 heavy (non-hydrogen) atoms. The molecule has 2 amide bonds. The number of rotatable bonds is 12. The molecule has 4 atom stereocenters. The Labute approximate surface area is 280 Å². The molecule has 1 aliphatic heterocycles. The molecule has 4 aromatic rings. The lowest BCUT2D eigenvalue weighted by atomic mass is 10.1. The molecule has 3 aliphatic rings. The minimum absolute atomic E-state index is 0.274. The maximum atomic E-state index is 13.6. The van der Waals surface area contributed by atoms with Crippen LogP contribution in [0.4, 0.5) is 0 Å². The molecule has 0 bridgehead atoms. The summed E-state index contributed by atoms with van der Waals surface area (Å²) in [6, 6.07) is 26.1. The topological polar surface area (TPSA) is 136 Å². The van der Waals surface area contributed by atoms with Crippen LogP contribution in [0.1, 0.15) is 31.2 Å². The summed E-state index contributed by atoms with van der Waals surface area (Å²) in [6.07, 6.45) is 3.12. The van der Waals surface area contributed by atoms with Crippen molar-refractivity contribution < 1.29 is 27.5 Å². The third-order valence-corrected chi connectivity index (χ3v) is 11.9. The molecule has 1 saturated heterocycles. The van der Waals surface area contributed by atoms with Gasteiger partial charge < -0.3 is 20.1 Å². The molecule has 2 aliphatic carbocycles. The summed E-state index contributed by atoms with van der Waals surface area (Å²) >= 11 is 0. The summed E-state index contributed by atoms with van der Waals surface area (Å²) in [6.45, 7) is 4.21. The van der Waals surface area contributed by atoms with E-state index in [-0.39, 0.29) is 18.4 Å². The number of carbonyl (C=O) groups is 2. The van der Waals surface area contributed by atoms with E-state index in [0.717, 1.165) is 27.7 Å². The van der Waals surface area contributed by atoms with E-state index in [1.165, 1.54) is 0 Å². The van der Waals surface area contributed by atoms with Gasteiger partial charge >= 0.3 is 0 Å². The molecular weight excluding hydrogens is 628 g/mol. The summed E-state index contributed by atoms with van der Waals surface area (Å²) in [4.78, 5) is 32.0. The molecule has 4 unspecified atom stereocenters. The van der Waals surface area contributed by atoms with Crippen molar-refractivity contribution >= 4 is 32.7 Å². The van der Waals surface area contributed by atoms with Crippen LogP contribution in [0.3, 0.4) is 0 Å². The van der Waals surface area contributed by atoms with Gasteiger partial charge in [-0.15, -0.1) is 6.58 Å². The number of amides is 2. The maximum absolute atomic E-state index is 13.6. The zero-order chi connectivity index (χ0) is 33.5. The zero-order valence-electron chi connectivity index (χ0n) is 26.6. The standard InChI is InChI=1S/C37H38N4O6S/c1-3-26-22-37(26,35(43)41-48(44,45)36(16-17-36)21-24-10-6-4-7-11-24)40-34(42)32-19-28(23-38-32)47-33-20-30(25-12-8-5-9-13-25)39-31-18-27(46-2)14-15-29(31)33/h3-15,18,20,26,28,32,38H,1,16-17,19,21-23H2,2H3,(H,40,42)(H,41,43). The summed E-state index contributed by atoms with van der Waals surface area (Å²) in [7, 11) is -2.39. The van der Waals surface area contributed by atoms with Crippen molar-refractivity contribution in [2.24, 2.45) is 5.92 Å². The van der Waals surface area contributed by atoms with Gasteiger partial charge in [0.1, 0.15) is 23.1 Å². The SMILES string of the molecule is C=CC1CC1(NC(=O)C1CC(Oc2cc(-c3ccccc3)nc3cc(OC)ccc23)CN1)C(=O)NS(=O)(=O)C1(Cc2ccccc2)CC1. The predicted octanol–water partition coefficient (Wildman–Crippen LogP) is 4.30. The van der Waals surface area contributed by atoms with Gasteiger partial charge in [0, 0.05) is 42.0 Å². The van der Waals surface area contributed by atoms with E-state index in [4.69, 9.17) is 14.5 Å². The van der Waals surface area contributed by atoms with Crippen molar-refractivity contribution in [2.75, 3.05) is 13.7 Å². The molecule has 1 aromatic heterocycles. The first kappa shape index (κ1) is 31.8. The number of hydrogen-bond donors (Lipinski definition) is 3. The minimum atomic E-state index is -4.00. The zero-order valence-corrected chi connectivity index (χ0v) is 27.5. The van der Waals surface area contributed by atoms with E-state index in [0.29, 0.717) is 43.7 Å². The fourth-order valence-electron chi connectivity index (χ4n) is 6.64. The molecular formula is C37H38N4O6S. The number of fused-ring (bicyclic) bond motifs is 1. The second-order valence-electron chi connectivity index (χ2n) is 13.0. The quantitative estimate of drug-likeness (QED) is 0.191. The average molecular weight is 667 g/mol. The lowest BCUT2D eigenvalue weighted by molar-refractivity contribution is -0.130. The van der Waals surface area contributed by atoms with E-state index >= 15 is 0 Å². The summed E-state index contributed by atoms with van der Waals surface area (Å²) in [5.74, 6) is -0.187. The van der Waals surface area contributed by atoms with Crippen molar-refractivity contribution in [3.63, 3.8) is 0 Å². The number of methoxy groups -OCH3 is 1. The maximum Gasteiger partial charge on any atom is 0.259 e. The first-order chi connectivity index (χ1) is 23.1. The van der Waals surface area contributed by atoms with Crippen LogP contribution in [0, 0.1) is 5.92 Å². The lowest BCUT2D eigenvalue weighted by Crippen LogP contribution is -2.56. The van der Waals surface area contributed by atoms with Gasteiger partial charge in [-0.3, -0.25) is 14.3 Å². The Hall–Kier alpha value is -4.74. The molecule has 0 radical (unpaired) electrons. The van der Waals surface area contributed by atoms with Gasteiger partial charge in [0.2, 0.25) is 15.9 Å². The highest BCUT2D eigenvalue weighted by atomic mass is 32.2. The molecule has 10 nitrogen and oxygen atoms in total. The summed E-state index contributed by atoms with van der Waals surface area (Å²) < 4.78 is 40.2. The van der Waals surface area contributed by atoms with Gasteiger partial charge in [0.05, 0.1) is 29.1 Å². The average Bonchev–Trinajstić information content (AvgIpc) is 3.99. The number of nitrogens with one attached hydrogen (secondary N) is 3. The van der Waals surface area contributed by atoms with Crippen molar-refractivity contribution in [3.8, 4) is 22.8 Å². The molecule has 0 spiro atoms. The van der Waals surface area contributed by atoms with E-state index < -0.39 is 38.2 Å². The Morgan fingerprint density at radius 2 is 1.77 bits per heavy atom. The first-order valence-corrected chi connectivity index (χ1v) is 17.6. The smallest absolute Gasteiger partial charge is 0.259 e. The van der Waals surface area contributed by atoms with Gasteiger partial charge in [0.25, 0.3) is 5.91 Å². The van der Waals surface area contributed by atoms with Crippen molar-refractivity contribution in [2.45, 2.75) is 54.5 Å². The number of hydrogen-bond acceptors (Lipinski definition) is 8. The van der Waals surface area contributed by atoms with E-state index in [9.17, 15) is 18.0 Å². The third kappa shape index (κ3) is 6.04. The normalized spacial score (nSPS) is 24.0. The van der Waals surface area contributed by atoms with E-state index in [1.807, 2.05) is 84.9 Å². The molecule has 3 aromatic carbocycles. The summed E-state index contributed by atoms with van der Waals surface area (Å²) in [5, 5.41) is 6.92. The fraction of sp³-hybridized carbons (Fsp3) is 0.324. The van der Waals surface area contributed by atoms with Crippen LogP contribution in [-0.4, -0.2) is 61.3 Å². The van der Waals surface area contributed by atoms with Crippen LogP contribution in [-0.2, 0) is 26.0 Å². The van der Waals surface area contributed by atoms with Crippen molar-refractivity contribution in [1.29, 1.82) is 0 Å². The number of ether oxygens (including phenoxy) is 2. The van der Waals surface area contributed by atoms with Crippen LogP contribution >= 0.6 is 0 Å². The fourth-order valence-corrected chi connectivity index (χ4v) is 8.28. The Bertz CT molecular complexity index is 1980. The first-order valence-electron chi connectivity index (χ1n) is 16.1. The van der Waals surface area contributed by atoms with Crippen LogP contribution in [0.25, 0.3) is 22.2 Å². The van der Waals surface area contributed by atoms with Gasteiger partial charge in [-0.2, -0.15) is 0 Å². The predicted molar refractivity (Wildman–Crippen MR) is 183 cm³/mol. The Morgan fingerprint density at radius 1 is 1.04 bits per heavy atom. The molecule has 11 heteroatoms. The number of benzene rings is 3. The lowest BCUT2D eigenvalue weighted by Gasteiger charge is -2.23. The number of nitrogens with zero attached hydrogens (tertiary/aromatic N) is 1. The number of carbonyl (C=O) groups excluding carboxylic acids is 2. The highest BCUT2D eigenvalue weighted by Crippen LogP contribution is 2.48. The summed E-state index contributed by atoms with van der Waals surface area (Å²) in [5.41, 5.74) is 1.92. The Kier molecular flexibility index (Phi) is 8.21. The van der Waals surface area contributed by atoms with Gasteiger partial charge in [-0.05, 0) is 43.4 Å². The molecule has 3 fully saturated rings. The van der Waals surface area contributed by atoms with Gasteiger partial charge in [0.15, 0.2) is 0 Å². The van der Waals surface area contributed by atoms with E-state index in [1.54, 1.807) is 13.2 Å². The molecule has 3 N–H and O–H groups in total. The van der Waals surface area contributed by atoms with Crippen LogP contribution in [0.15, 0.2) is 97.6 Å². The highest BCUT2D eigenvalue weighted by Gasteiger charge is 2.63. The second-order valence-corrected chi connectivity index (χ2v) is 15.1. The third-order valence-electron chi connectivity index (χ3n) is 9.77. The molecule has 7 rings (SSSR count). The van der Waals surface area contributed by atoms with Crippen LogP contribution in [0.2, 0.25) is 0 Å². The van der Waals surface area contributed by atoms with Crippen molar-refractivity contribution in [3.05, 3.63) is 103 Å². The van der Waals surface area contributed by atoms with Crippen molar-refractivity contribution in [1.82, 2.24) is 20.3 Å². The molecule has 248 valence electrons. The minimum Gasteiger partial charge on any atom is -0.497 e. The van der Waals surface area contributed by atoms with Gasteiger partial charge in [-0.25, -0.2) is 13.4 Å². The number of pyridine rings is 1. The Balaban J connectivity index is 1.04.